The van der Waals surface area contributed by atoms with Gasteiger partial charge in [0.25, 0.3) is 11.8 Å². The van der Waals surface area contributed by atoms with Gasteiger partial charge in [-0.3, -0.25) is 9.59 Å². The Morgan fingerprint density at radius 3 is 1.54 bits per heavy atom. The maximum absolute atomic E-state index is 12.6. The van der Waals surface area contributed by atoms with Crippen molar-refractivity contribution in [1.82, 2.24) is 10.6 Å². The Morgan fingerprint density at radius 1 is 0.821 bits per heavy atom. The molecule has 156 valence electrons. The largest absolute Gasteiger partial charge is 0.472 e. The van der Waals surface area contributed by atoms with Crippen molar-refractivity contribution >= 4 is 23.6 Å². The molecular formula is C20H32N4O4. The highest BCUT2D eigenvalue weighted by Crippen LogP contribution is 2.20. The summed E-state index contributed by atoms with van der Waals surface area (Å²) in [6.45, 7) is 9.12. The molecule has 2 heterocycles. The minimum Gasteiger partial charge on any atom is -0.472 e. The molecule has 0 bridgehead atoms. The van der Waals surface area contributed by atoms with Crippen LogP contribution in [0.15, 0.2) is 9.98 Å². The lowest BCUT2D eigenvalue weighted by molar-refractivity contribution is -0.119. The Kier molecular flexibility index (Phi) is 6.57. The molecule has 3 aliphatic rings. The smallest absolute Gasteiger partial charge is 0.306 e. The number of nitrogens with zero attached hydrogens (tertiary/aromatic N) is 2. The van der Waals surface area contributed by atoms with Crippen LogP contribution in [0, 0.1) is 11.8 Å². The van der Waals surface area contributed by atoms with Crippen LogP contribution in [0.25, 0.3) is 0 Å². The predicted octanol–water partition coefficient (Wildman–Crippen LogP) is 1.44. The van der Waals surface area contributed by atoms with Crippen molar-refractivity contribution in [2.45, 2.75) is 77.5 Å². The Hall–Kier alpha value is -2.12. The van der Waals surface area contributed by atoms with Crippen molar-refractivity contribution in [1.29, 1.82) is 0 Å². The minimum atomic E-state index is -0.302. The third-order valence-electron chi connectivity index (χ3n) is 5.67. The van der Waals surface area contributed by atoms with Gasteiger partial charge in [-0.2, -0.15) is 0 Å². The van der Waals surface area contributed by atoms with Gasteiger partial charge in [0.2, 0.25) is 0 Å². The first-order chi connectivity index (χ1) is 13.3. The van der Waals surface area contributed by atoms with Crippen LogP contribution in [0.2, 0.25) is 0 Å². The summed E-state index contributed by atoms with van der Waals surface area (Å²) < 4.78 is 10.9. The summed E-state index contributed by atoms with van der Waals surface area (Å²) in [5, 5.41) is 6.01. The van der Waals surface area contributed by atoms with E-state index in [1.807, 2.05) is 0 Å². The number of amides is 2. The standard InChI is InChI=1S/C20H32N4O4/c1-11(2)15-9-27-19(23-15)17(25)21-13-7-5-6-8-14(13)22-18(26)20-24-16(10-28-20)12(3)4/h11-16H,5-10H2,1-4H3,(H,21,25)(H,22,26)/t13-,14-,15+,16+/m0/s1. The van der Waals surface area contributed by atoms with Crippen LogP contribution in [0.5, 0.6) is 0 Å². The van der Waals surface area contributed by atoms with Crippen molar-refractivity contribution in [2.24, 2.45) is 21.8 Å². The molecule has 8 nitrogen and oxygen atoms in total. The van der Waals surface area contributed by atoms with Gasteiger partial charge in [0, 0.05) is 12.1 Å². The number of aliphatic imine (C=N–C) groups is 2. The highest BCUT2D eigenvalue weighted by atomic mass is 16.5. The monoisotopic (exact) mass is 392 g/mol. The van der Waals surface area contributed by atoms with E-state index in [1.165, 1.54) is 0 Å². The lowest BCUT2D eigenvalue weighted by Crippen LogP contribution is -2.55. The van der Waals surface area contributed by atoms with E-state index in [2.05, 4.69) is 48.3 Å². The maximum atomic E-state index is 12.6. The van der Waals surface area contributed by atoms with Crippen molar-refractivity contribution < 1.29 is 19.1 Å². The van der Waals surface area contributed by atoms with Crippen molar-refractivity contribution in [3.63, 3.8) is 0 Å². The van der Waals surface area contributed by atoms with E-state index in [4.69, 9.17) is 9.47 Å². The van der Waals surface area contributed by atoms with E-state index in [1.54, 1.807) is 0 Å². The number of carbonyl (C=O) groups excluding carboxylic acids is 2. The van der Waals surface area contributed by atoms with Crippen LogP contribution in [0.3, 0.4) is 0 Å². The molecule has 1 saturated carbocycles. The van der Waals surface area contributed by atoms with Crippen molar-refractivity contribution in [3.05, 3.63) is 0 Å². The van der Waals surface area contributed by atoms with Crippen LogP contribution in [-0.4, -0.2) is 61.0 Å². The molecule has 0 radical (unpaired) electrons. The van der Waals surface area contributed by atoms with E-state index in [-0.39, 0.29) is 47.8 Å². The summed E-state index contributed by atoms with van der Waals surface area (Å²) in [7, 11) is 0. The molecule has 0 aromatic rings. The lowest BCUT2D eigenvalue weighted by Gasteiger charge is -2.32. The summed E-state index contributed by atoms with van der Waals surface area (Å²) >= 11 is 0. The lowest BCUT2D eigenvalue weighted by atomic mass is 9.90. The highest BCUT2D eigenvalue weighted by Gasteiger charge is 2.34. The molecule has 0 saturated heterocycles. The van der Waals surface area contributed by atoms with Gasteiger partial charge in [-0.1, -0.05) is 40.5 Å². The Bertz CT molecular complexity index is 603. The maximum Gasteiger partial charge on any atom is 0.306 e. The van der Waals surface area contributed by atoms with Crippen LogP contribution in [0.1, 0.15) is 53.4 Å². The van der Waals surface area contributed by atoms with Gasteiger partial charge in [-0.15, -0.1) is 0 Å². The fraction of sp³-hybridized carbons (Fsp3) is 0.800. The average molecular weight is 393 g/mol. The number of rotatable bonds is 6. The second-order valence-corrected chi connectivity index (χ2v) is 8.56. The average Bonchev–Trinajstić information content (AvgIpc) is 3.33. The molecule has 2 N–H and O–H groups in total. The Morgan fingerprint density at radius 2 is 1.21 bits per heavy atom. The number of nitrogens with one attached hydrogen (secondary N) is 2. The van der Waals surface area contributed by atoms with Gasteiger partial charge in [0.05, 0.1) is 12.1 Å². The fourth-order valence-corrected chi connectivity index (χ4v) is 3.65. The third kappa shape index (κ3) is 4.83. The zero-order valence-corrected chi connectivity index (χ0v) is 17.2. The molecule has 0 aromatic carbocycles. The Balaban J connectivity index is 1.58. The SMILES string of the molecule is CC(C)[C@H]1COC(C(=O)N[C@H]2CCCC[C@@H]2NC(=O)C2=N[C@@H](C(C)C)CO2)=N1. The molecule has 28 heavy (non-hydrogen) atoms. The van der Waals surface area contributed by atoms with Crippen LogP contribution < -0.4 is 10.6 Å². The number of ether oxygens (including phenoxy) is 2. The van der Waals surface area contributed by atoms with Gasteiger partial charge >= 0.3 is 11.8 Å². The van der Waals surface area contributed by atoms with Gasteiger partial charge in [0.15, 0.2) is 0 Å². The minimum absolute atomic E-state index is 0.0223. The number of hydrogen-bond acceptors (Lipinski definition) is 6. The van der Waals surface area contributed by atoms with Crippen molar-refractivity contribution in [2.75, 3.05) is 13.2 Å². The van der Waals surface area contributed by atoms with E-state index in [9.17, 15) is 9.59 Å². The number of carbonyl (C=O) groups is 2. The first-order valence-electron chi connectivity index (χ1n) is 10.4. The zero-order chi connectivity index (χ0) is 20.3. The molecule has 3 rings (SSSR count). The highest BCUT2D eigenvalue weighted by molar-refractivity contribution is 6.36. The molecular weight excluding hydrogens is 360 g/mol. The second kappa shape index (κ2) is 8.92. The van der Waals surface area contributed by atoms with Crippen LogP contribution in [0.4, 0.5) is 0 Å². The van der Waals surface area contributed by atoms with Gasteiger partial charge in [-0.25, -0.2) is 9.98 Å². The summed E-state index contributed by atoms with van der Waals surface area (Å²) in [5.74, 6) is 0.352. The normalized spacial score (nSPS) is 29.8. The van der Waals surface area contributed by atoms with E-state index < -0.39 is 0 Å². The molecule has 2 amide bonds. The van der Waals surface area contributed by atoms with E-state index >= 15 is 0 Å². The molecule has 0 unspecified atom stereocenters. The van der Waals surface area contributed by atoms with E-state index in [0.717, 1.165) is 25.7 Å². The predicted molar refractivity (Wildman–Crippen MR) is 106 cm³/mol. The summed E-state index contributed by atoms with van der Waals surface area (Å²) in [4.78, 5) is 33.9. The first kappa shape index (κ1) is 20.6. The van der Waals surface area contributed by atoms with E-state index in [0.29, 0.717) is 25.0 Å². The second-order valence-electron chi connectivity index (χ2n) is 8.56. The van der Waals surface area contributed by atoms with Crippen LogP contribution >= 0.6 is 0 Å². The Labute approximate surface area is 166 Å². The molecule has 0 aromatic heterocycles. The molecule has 8 heteroatoms. The summed E-state index contributed by atoms with van der Waals surface area (Å²) in [5.41, 5.74) is 0. The zero-order valence-electron chi connectivity index (χ0n) is 17.2. The molecule has 1 aliphatic carbocycles. The fourth-order valence-electron chi connectivity index (χ4n) is 3.65. The first-order valence-corrected chi connectivity index (χ1v) is 10.4. The molecule has 0 spiro atoms. The van der Waals surface area contributed by atoms with Gasteiger partial charge < -0.3 is 20.1 Å². The molecule has 1 fully saturated rings. The summed E-state index contributed by atoms with van der Waals surface area (Å²) in [6, 6.07) is -0.266. The van der Waals surface area contributed by atoms with Gasteiger partial charge in [0.1, 0.15) is 13.2 Å². The summed E-state index contributed by atoms with van der Waals surface area (Å²) in [6.07, 6.45) is 3.62. The quantitative estimate of drug-likeness (QED) is 0.714. The third-order valence-corrected chi connectivity index (χ3v) is 5.67. The van der Waals surface area contributed by atoms with Crippen LogP contribution in [-0.2, 0) is 19.1 Å². The van der Waals surface area contributed by atoms with Crippen molar-refractivity contribution in [3.8, 4) is 0 Å². The number of hydrogen-bond donors (Lipinski definition) is 2. The molecule has 2 aliphatic heterocycles. The topological polar surface area (TPSA) is 101 Å². The molecule has 4 atom stereocenters. The van der Waals surface area contributed by atoms with Gasteiger partial charge in [-0.05, 0) is 24.7 Å².